The third-order valence-corrected chi connectivity index (χ3v) is 3.89. The molecule has 0 saturated carbocycles. The van der Waals surface area contributed by atoms with Gasteiger partial charge in [0.05, 0.1) is 11.6 Å². The lowest BCUT2D eigenvalue weighted by Crippen LogP contribution is -2.23. The highest BCUT2D eigenvalue weighted by molar-refractivity contribution is 6.33. The first-order valence-corrected chi connectivity index (χ1v) is 8.63. The second-order valence-corrected chi connectivity index (χ2v) is 6.36. The number of aromatic nitrogens is 2. The highest BCUT2D eigenvalue weighted by atomic mass is 35.5. The highest BCUT2D eigenvalue weighted by Gasteiger charge is 2.13. The molecule has 3 aromatic rings. The maximum Gasteiger partial charge on any atom is 0.251 e. The Hall–Kier alpha value is -3.12. The number of rotatable bonds is 7. The molecule has 3 rings (SSSR count). The predicted octanol–water partition coefficient (Wildman–Crippen LogP) is 4.27. The highest BCUT2D eigenvalue weighted by Crippen LogP contribution is 2.24. The fourth-order valence-corrected chi connectivity index (χ4v) is 2.49. The van der Waals surface area contributed by atoms with Crippen molar-refractivity contribution < 1.29 is 14.1 Å². The van der Waals surface area contributed by atoms with E-state index in [-0.39, 0.29) is 18.3 Å². The zero-order chi connectivity index (χ0) is 19.2. The van der Waals surface area contributed by atoms with Crippen molar-refractivity contribution in [2.45, 2.75) is 13.5 Å². The average Bonchev–Trinajstić information content (AvgIpc) is 3.14. The van der Waals surface area contributed by atoms with Crippen molar-refractivity contribution in [3.8, 4) is 17.1 Å². The van der Waals surface area contributed by atoms with Gasteiger partial charge in [-0.3, -0.25) is 4.79 Å². The van der Waals surface area contributed by atoms with Crippen LogP contribution in [0.3, 0.4) is 0 Å². The van der Waals surface area contributed by atoms with Crippen LogP contribution >= 0.6 is 11.6 Å². The number of hydrogen-bond acceptors (Lipinski definition) is 5. The molecule has 0 aliphatic carbocycles. The van der Waals surface area contributed by atoms with Crippen molar-refractivity contribution in [2.75, 3.05) is 6.61 Å². The van der Waals surface area contributed by atoms with E-state index in [2.05, 4.69) is 22.0 Å². The monoisotopic (exact) mass is 383 g/mol. The second-order valence-electron chi connectivity index (χ2n) is 5.95. The molecule has 27 heavy (non-hydrogen) atoms. The molecule has 0 radical (unpaired) electrons. The van der Waals surface area contributed by atoms with Crippen molar-refractivity contribution in [3.05, 3.63) is 77.2 Å². The van der Waals surface area contributed by atoms with Crippen LogP contribution in [0.25, 0.3) is 11.4 Å². The number of nitrogens with one attached hydrogen (secondary N) is 1. The zero-order valence-electron chi connectivity index (χ0n) is 14.7. The summed E-state index contributed by atoms with van der Waals surface area (Å²) in [6.45, 7) is 6.16. The van der Waals surface area contributed by atoms with Crippen LogP contribution in [0.15, 0.2) is 65.2 Å². The van der Waals surface area contributed by atoms with Crippen LogP contribution in [-0.2, 0) is 6.54 Å². The van der Waals surface area contributed by atoms with Gasteiger partial charge in [-0.2, -0.15) is 4.98 Å². The minimum atomic E-state index is -0.270. The van der Waals surface area contributed by atoms with Crippen LogP contribution in [0, 0.1) is 0 Å². The summed E-state index contributed by atoms with van der Waals surface area (Å²) in [5.41, 5.74) is 2.04. The molecule has 0 aliphatic rings. The summed E-state index contributed by atoms with van der Waals surface area (Å²) in [4.78, 5) is 16.6. The smallest absolute Gasteiger partial charge is 0.251 e. The molecule has 0 aliphatic heterocycles. The summed E-state index contributed by atoms with van der Waals surface area (Å²) in [5.74, 6) is 0.991. The molecule has 2 aromatic carbocycles. The molecule has 0 fully saturated rings. The van der Waals surface area contributed by atoms with E-state index >= 15 is 0 Å². The number of benzene rings is 2. The molecule has 7 heteroatoms. The van der Waals surface area contributed by atoms with E-state index in [4.69, 9.17) is 20.9 Å². The Morgan fingerprint density at radius 1 is 1.26 bits per heavy atom. The fourth-order valence-electron chi connectivity index (χ4n) is 2.27. The van der Waals surface area contributed by atoms with Gasteiger partial charge in [0.2, 0.25) is 11.7 Å². The van der Waals surface area contributed by atoms with Gasteiger partial charge in [-0.15, -0.1) is 0 Å². The van der Waals surface area contributed by atoms with Crippen LogP contribution in [-0.4, -0.2) is 22.7 Å². The first kappa shape index (κ1) is 18.7. The third-order valence-electron chi connectivity index (χ3n) is 3.56. The van der Waals surface area contributed by atoms with Crippen LogP contribution in [0.2, 0.25) is 5.02 Å². The van der Waals surface area contributed by atoms with E-state index in [1.807, 2.05) is 19.1 Å². The Morgan fingerprint density at radius 3 is 2.85 bits per heavy atom. The second kappa shape index (κ2) is 8.51. The van der Waals surface area contributed by atoms with Gasteiger partial charge in [-0.1, -0.05) is 41.5 Å². The van der Waals surface area contributed by atoms with Gasteiger partial charge in [-0.25, -0.2) is 0 Å². The summed E-state index contributed by atoms with van der Waals surface area (Å²) in [6, 6.07) is 14.1. The average molecular weight is 384 g/mol. The number of ether oxygens (including phenoxy) is 1. The number of hydrogen-bond donors (Lipinski definition) is 1. The molecule has 0 bridgehead atoms. The van der Waals surface area contributed by atoms with Gasteiger partial charge in [0, 0.05) is 11.1 Å². The molecular formula is C20H18ClN3O3. The minimum Gasteiger partial charge on any atom is -0.489 e. The molecule has 0 unspecified atom stereocenters. The number of amides is 1. The Labute approximate surface area is 161 Å². The normalized spacial score (nSPS) is 10.4. The lowest BCUT2D eigenvalue weighted by Gasteiger charge is -2.07. The molecule has 6 nitrogen and oxygen atoms in total. The molecule has 1 amide bonds. The van der Waals surface area contributed by atoms with Crippen molar-refractivity contribution in [2.24, 2.45) is 0 Å². The van der Waals surface area contributed by atoms with E-state index in [0.29, 0.717) is 34.3 Å². The number of carbonyl (C=O) groups excluding carboxylic acids is 1. The Bertz CT molecular complexity index is 968. The minimum absolute atomic E-state index is 0.104. The lowest BCUT2D eigenvalue weighted by atomic mass is 10.2. The van der Waals surface area contributed by atoms with Crippen molar-refractivity contribution in [1.29, 1.82) is 0 Å². The summed E-state index contributed by atoms with van der Waals surface area (Å²) < 4.78 is 10.7. The quantitative estimate of drug-likeness (QED) is 0.616. The molecule has 138 valence electrons. The summed E-state index contributed by atoms with van der Waals surface area (Å²) >= 11 is 6.13. The molecule has 1 heterocycles. The number of carbonyl (C=O) groups is 1. The van der Waals surface area contributed by atoms with Crippen molar-refractivity contribution >= 4 is 17.5 Å². The van der Waals surface area contributed by atoms with Gasteiger partial charge >= 0.3 is 0 Å². The van der Waals surface area contributed by atoms with E-state index in [1.165, 1.54) is 0 Å². The summed E-state index contributed by atoms with van der Waals surface area (Å²) in [5, 5.41) is 7.18. The number of nitrogens with zero attached hydrogens (tertiary/aromatic N) is 2. The molecule has 0 spiro atoms. The van der Waals surface area contributed by atoms with Gasteiger partial charge < -0.3 is 14.6 Å². The summed E-state index contributed by atoms with van der Waals surface area (Å²) in [6.07, 6.45) is 0. The van der Waals surface area contributed by atoms with Crippen LogP contribution in [0.5, 0.6) is 5.75 Å². The third kappa shape index (κ3) is 4.95. The van der Waals surface area contributed by atoms with Crippen LogP contribution in [0.4, 0.5) is 0 Å². The molecular weight excluding hydrogens is 366 g/mol. The lowest BCUT2D eigenvalue weighted by molar-refractivity contribution is 0.0946. The van der Waals surface area contributed by atoms with E-state index in [1.54, 1.807) is 36.4 Å². The van der Waals surface area contributed by atoms with E-state index < -0.39 is 0 Å². The Morgan fingerprint density at radius 2 is 2.07 bits per heavy atom. The molecule has 1 aromatic heterocycles. The molecule has 0 saturated heterocycles. The Kier molecular flexibility index (Phi) is 5.88. The maximum absolute atomic E-state index is 12.3. The number of halogens is 1. The first-order valence-electron chi connectivity index (χ1n) is 8.26. The maximum atomic E-state index is 12.3. The van der Waals surface area contributed by atoms with Crippen molar-refractivity contribution in [1.82, 2.24) is 15.5 Å². The van der Waals surface area contributed by atoms with Gasteiger partial charge in [0.25, 0.3) is 5.91 Å². The van der Waals surface area contributed by atoms with Gasteiger partial charge in [0.1, 0.15) is 12.4 Å². The van der Waals surface area contributed by atoms with Gasteiger partial charge in [-0.05, 0) is 42.8 Å². The fraction of sp³-hybridized carbons (Fsp3) is 0.150. The predicted molar refractivity (Wildman–Crippen MR) is 103 cm³/mol. The van der Waals surface area contributed by atoms with Crippen LogP contribution in [0.1, 0.15) is 23.2 Å². The van der Waals surface area contributed by atoms with E-state index in [0.717, 1.165) is 5.57 Å². The Balaban J connectivity index is 1.62. The van der Waals surface area contributed by atoms with E-state index in [9.17, 15) is 4.79 Å². The first-order chi connectivity index (χ1) is 13.0. The zero-order valence-corrected chi connectivity index (χ0v) is 15.5. The van der Waals surface area contributed by atoms with Crippen molar-refractivity contribution in [3.63, 3.8) is 0 Å². The van der Waals surface area contributed by atoms with Crippen LogP contribution < -0.4 is 10.1 Å². The standard InChI is InChI=1S/C20H18ClN3O3/c1-13(2)12-26-15-7-5-6-14(10-15)20(25)22-11-18-23-19(24-27-18)16-8-3-4-9-17(16)21/h3-10H,1,11-12H2,2H3,(H,22,25). The SMILES string of the molecule is C=C(C)COc1cccc(C(=O)NCc2nc(-c3ccccc3Cl)no2)c1. The summed E-state index contributed by atoms with van der Waals surface area (Å²) in [7, 11) is 0. The topological polar surface area (TPSA) is 77.2 Å². The largest absolute Gasteiger partial charge is 0.489 e. The molecule has 0 atom stereocenters. The molecule has 1 N–H and O–H groups in total. The van der Waals surface area contributed by atoms with Gasteiger partial charge in [0.15, 0.2) is 0 Å².